The lowest BCUT2D eigenvalue weighted by Gasteiger charge is -2.12. The highest BCUT2D eigenvalue weighted by Gasteiger charge is 2.10. The number of aromatic nitrogens is 3. The molecule has 5 rings (SSSR count). The number of rotatable bonds is 6. The van der Waals surface area contributed by atoms with Gasteiger partial charge in [-0.2, -0.15) is 0 Å². The Bertz CT molecular complexity index is 1430. The highest BCUT2D eigenvalue weighted by molar-refractivity contribution is 5.90. The predicted octanol–water partition coefficient (Wildman–Crippen LogP) is 5.66. The zero-order valence-electron chi connectivity index (χ0n) is 18.4. The first-order valence-corrected chi connectivity index (χ1v) is 10.8. The fraction of sp³-hybridized carbons (Fsp3) is 0. The van der Waals surface area contributed by atoms with E-state index in [4.69, 9.17) is 0 Å². The number of hydrogen-bond donors (Lipinski definition) is 2. The Balaban J connectivity index is 1.60. The van der Waals surface area contributed by atoms with Crippen molar-refractivity contribution in [3.63, 3.8) is 0 Å². The molecule has 0 aliphatic rings. The molecule has 4 aromatic carbocycles. The molecule has 7 heteroatoms. The van der Waals surface area contributed by atoms with Gasteiger partial charge in [-0.05, 0) is 88.0 Å². The Hall–Kier alpha value is -5.04. The van der Waals surface area contributed by atoms with E-state index in [0.717, 1.165) is 39.1 Å². The SMILES string of the molecule is O=C(O)c1ccc(-c2cc(-c3ccc(C(=O)O)cc3)cc(-c3ccc(-n4cnnc4)cc3)c2)cc1. The van der Waals surface area contributed by atoms with Crippen LogP contribution in [0.2, 0.25) is 0 Å². The van der Waals surface area contributed by atoms with Gasteiger partial charge in [-0.15, -0.1) is 10.2 Å². The molecular formula is C28H19N3O4. The molecule has 0 saturated heterocycles. The third kappa shape index (κ3) is 4.56. The van der Waals surface area contributed by atoms with Crippen LogP contribution in [0.15, 0.2) is 104 Å². The molecule has 7 nitrogen and oxygen atoms in total. The fourth-order valence-corrected chi connectivity index (χ4v) is 3.90. The van der Waals surface area contributed by atoms with E-state index in [1.165, 1.54) is 0 Å². The molecule has 5 aromatic rings. The minimum atomic E-state index is -0.974. The van der Waals surface area contributed by atoms with Crippen molar-refractivity contribution in [2.45, 2.75) is 0 Å². The molecule has 0 fully saturated rings. The van der Waals surface area contributed by atoms with Crippen molar-refractivity contribution in [2.24, 2.45) is 0 Å². The van der Waals surface area contributed by atoms with Gasteiger partial charge in [0, 0.05) is 5.69 Å². The average molecular weight is 461 g/mol. The van der Waals surface area contributed by atoms with Gasteiger partial charge in [0.1, 0.15) is 12.7 Å². The summed E-state index contributed by atoms with van der Waals surface area (Å²) in [5, 5.41) is 26.2. The molecule has 0 radical (unpaired) electrons. The second kappa shape index (κ2) is 9.07. The van der Waals surface area contributed by atoms with Crippen LogP contribution in [0.1, 0.15) is 20.7 Å². The zero-order chi connectivity index (χ0) is 24.4. The van der Waals surface area contributed by atoms with E-state index in [9.17, 15) is 19.8 Å². The summed E-state index contributed by atoms with van der Waals surface area (Å²) in [6, 6.07) is 27.6. The number of aromatic carboxylic acids is 2. The van der Waals surface area contributed by atoms with Crippen molar-refractivity contribution in [1.82, 2.24) is 14.8 Å². The van der Waals surface area contributed by atoms with E-state index >= 15 is 0 Å². The Morgan fingerprint density at radius 2 is 0.857 bits per heavy atom. The molecule has 1 heterocycles. The number of benzene rings is 4. The molecular weight excluding hydrogens is 442 g/mol. The van der Waals surface area contributed by atoms with Crippen LogP contribution in [0.4, 0.5) is 0 Å². The van der Waals surface area contributed by atoms with Gasteiger partial charge in [0.2, 0.25) is 0 Å². The highest BCUT2D eigenvalue weighted by Crippen LogP contribution is 2.33. The van der Waals surface area contributed by atoms with Crippen LogP contribution in [0.25, 0.3) is 39.1 Å². The van der Waals surface area contributed by atoms with E-state index in [-0.39, 0.29) is 11.1 Å². The Morgan fingerprint density at radius 1 is 0.514 bits per heavy atom. The first kappa shape index (κ1) is 21.8. The normalized spacial score (nSPS) is 10.7. The Kier molecular flexibility index (Phi) is 5.65. The Morgan fingerprint density at radius 3 is 1.20 bits per heavy atom. The van der Waals surface area contributed by atoms with Gasteiger partial charge in [-0.3, -0.25) is 4.57 Å². The van der Waals surface area contributed by atoms with Crippen LogP contribution in [0.3, 0.4) is 0 Å². The van der Waals surface area contributed by atoms with Gasteiger partial charge in [0.15, 0.2) is 0 Å². The van der Waals surface area contributed by atoms with Crippen molar-refractivity contribution in [1.29, 1.82) is 0 Å². The smallest absolute Gasteiger partial charge is 0.335 e. The lowest BCUT2D eigenvalue weighted by atomic mass is 9.92. The fourth-order valence-electron chi connectivity index (χ4n) is 3.90. The van der Waals surface area contributed by atoms with Gasteiger partial charge in [0.25, 0.3) is 0 Å². The van der Waals surface area contributed by atoms with E-state index in [1.54, 1.807) is 61.2 Å². The first-order chi connectivity index (χ1) is 17.0. The van der Waals surface area contributed by atoms with E-state index < -0.39 is 11.9 Å². The molecule has 0 bridgehead atoms. The van der Waals surface area contributed by atoms with E-state index in [0.29, 0.717) is 0 Å². The van der Waals surface area contributed by atoms with Crippen molar-refractivity contribution in [3.8, 4) is 39.1 Å². The number of hydrogen-bond acceptors (Lipinski definition) is 4. The van der Waals surface area contributed by atoms with Crippen molar-refractivity contribution in [2.75, 3.05) is 0 Å². The molecule has 0 atom stereocenters. The van der Waals surface area contributed by atoms with Gasteiger partial charge in [0.05, 0.1) is 11.1 Å². The molecule has 0 unspecified atom stereocenters. The van der Waals surface area contributed by atoms with Gasteiger partial charge in [-0.25, -0.2) is 9.59 Å². The molecule has 0 saturated carbocycles. The lowest BCUT2D eigenvalue weighted by molar-refractivity contribution is 0.0686. The van der Waals surface area contributed by atoms with Crippen molar-refractivity contribution < 1.29 is 19.8 Å². The predicted molar refractivity (Wildman–Crippen MR) is 132 cm³/mol. The van der Waals surface area contributed by atoms with Crippen LogP contribution in [-0.2, 0) is 0 Å². The summed E-state index contributed by atoms with van der Waals surface area (Å²) in [6.45, 7) is 0. The quantitative estimate of drug-likeness (QED) is 0.338. The van der Waals surface area contributed by atoms with Gasteiger partial charge < -0.3 is 10.2 Å². The monoisotopic (exact) mass is 461 g/mol. The van der Waals surface area contributed by atoms with Crippen molar-refractivity contribution in [3.05, 3.63) is 115 Å². The van der Waals surface area contributed by atoms with Gasteiger partial charge >= 0.3 is 11.9 Å². The highest BCUT2D eigenvalue weighted by atomic mass is 16.4. The van der Waals surface area contributed by atoms with E-state index in [1.807, 2.05) is 34.9 Å². The standard InChI is InChI=1S/C28H19N3O4/c32-27(33)21-5-1-18(2-6-21)23-13-24(19-3-7-22(8-4-19)28(34)35)15-25(14-23)20-9-11-26(12-10-20)31-16-29-30-17-31/h1-17H,(H,32,33)(H,34,35). The number of carbonyl (C=O) groups is 2. The summed E-state index contributed by atoms with van der Waals surface area (Å²) in [5.74, 6) is -1.95. The first-order valence-electron chi connectivity index (χ1n) is 10.8. The van der Waals surface area contributed by atoms with Crippen LogP contribution < -0.4 is 0 Å². The summed E-state index contributed by atoms with van der Waals surface area (Å²) < 4.78 is 1.82. The molecule has 35 heavy (non-hydrogen) atoms. The zero-order valence-corrected chi connectivity index (χ0v) is 18.4. The number of carboxylic acid groups (broad SMARTS) is 2. The topological polar surface area (TPSA) is 105 Å². The summed E-state index contributed by atoms with van der Waals surface area (Å²) in [4.78, 5) is 22.5. The summed E-state index contributed by atoms with van der Waals surface area (Å²) in [6.07, 6.45) is 3.27. The molecule has 2 N–H and O–H groups in total. The second-order valence-corrected chi connectivity index (χ2v) is 7.98. The number of carboxylic acids is 2. The van der Waals surface area contributed by atoms with Crippen LogP contribution in [0, 0.1) is 0 Å². The summed E-state index contributed by atoms with van der Waals surface area (Å²) in [7, 11) is 0. The lowest BCUT2D eigenvalue weighted by Crippen LogP contribution is -1.96. The molecule has 0 aliphatic heterocycles. The van der Waals surface area contributed by atoms with Crippen LogP contribution in [0.5, 0.6) is 0 Å². The maximum Gasteiger partial charge on any atom is 0.335 e. The maximum atomic E-state index is 11.3. The largest absolute Gasteiger partial charge is 0.478 e. The van der Waals surface area contributed by atoms with Crippen LogP contribution in [-0.4, -0.2) is 36.9 Å². The molecule has 1 aromatic heterocycles. The third-order valence-corrected chi connectivity index (χ3v) is 5.78. The molecule has 170 valence electrons. The number of nitrogens with zero attached hydrogens (tertiary/aromatic N) is 3. The van der Waals surface area contributed by atoms with E-state index in [2.05, 4.69) is 22.3 Å². The molecule has 0 aliphatic carbocycles. The summed E-state index contributed by atoms with van der Waals surface area (Å²) in [5.41, 5.74) is 6.93. The van der Waals surface area contributed by atoms with Crippen LogP contribution >= 0.6 is 0 Å². The molecule has 0 amide bonds. The second-order valence-electron chi connectivity index (χ2n) is 7.98. The third-order valence-electron chi connectivity index (χ3n) is 5.78. The average Bonchev–Trinajstić information content (AvgIpc) is 3.44. The minimum absolute atomic E-state index is 0.221. The minimum Gasteiger partial charge on any atom is -0.478 e. The summed E-state index contributed by atoms with van der Waals surface area (Å²) >= 11 is 0. The van der Waals surface area contributed by atoms with Crippen molar-refractivity contribution >= 4 is 11.9 Å². The molecule has 0 spiro atoms. The van der Waals surface area contributed by atoms with Gasteiger partial charge in [-0.1, -0.05) is 36.4 Å². The Labute approximate surface area is 200 Å². The maximum absolute atomic E-state index is 11.3.